The highest BCUT2D eigenvalue weighted by Crippen LogP contribution is 2.27. The fraction of sp³-hybridized carbons (Fsp3) is 0.500. The molecule has 0 aliphatic carbocycles. The van der Waals surface area contributed by atoms with Crippen molar-refractivity contribution in [2.24, 2.45) is 0 Å². The van der Waals surface area contributed by atoms with E-state index in [0.717, 1.165) is 31.7 Å². The van der Waals surface area contributed by atoms with Crippen LogP contribution in [0.5, 0.6) is 5.75 Å². The van der Waals surface area contributed by atoms with E-state index < -0.39 is 0 Å². The molecule has 3 N–H and O–H groups in total. The number of phenolic OH excluding ortho intramolecular Hbond substituents is 1. The summed E-state index contributed by atoms with van der Waals surface area (Å²) in [4.78, 5) is 14.1. The zero-order valence-electron chi connectivity index (χ0n) is 11.5. The van der Waals surface area contributed by atoms with Crippen LogP contribution in [0.1, 0.15) is 11.1 Å². The molecule has 0 atom stereocenters. The molecule has 19 heavy (non-hydrogen) atoms. The number of hydrogen-bond acceptors (Lipinski definition) is 4. The van der Waals surface area contributed by atoms with E-state index in [0.29, 0.717) is 17.8 Å². The van der Waals surface area contributed by atoms with Crippen LogP contribution < -0.4 is 10.6 Å². The van der Waals surface area contributed by atoms with Crippen LogP contribution in [0.4, 0.5) is 5.69 Å². The molecule has 1 aromatic rings. The third kappa shape index (κ3) is 3.45. The molecule has 1 heterocycles. The Morgan fingerprint density at radius 2 is 2.05 bits per heavy atom. The van der Waals surface area contributed by atoms with E-state index in [2.05, 4.69) is 15.5 Å². The standard InChI is InChI=1S/C14H21N3O2/c1-10-3-4-12(11(2)14(10)19)16-13(18)9-17-7-5-15-6-8-17/h3-4,15,19H,5-9H2,1-2H3,(H,16,18). The fourth-order valence-corrected chi connectivity index (χ4v) is 2.23. The predicted molar refractivity (Wildman–Crippen MR) is 75.5 cm³/mol. The van der Waals surface area contributed by atoms with Crippen molar-refractivity contribution in [2.75, 3.05) is 38.0 Å². The van der Waals surface area contributed by atoms with Gasteiger partial charge >= 0.3 is 0 Å². The molecule has 5 nitrogen and oxygen atoms in total. The van der Waals surface area contributed by atoms with Gasteiger partial charge in [0.25, 0.3) is 0 Å². The Kier molecular flexibility index (Phi) is 4.39. The van der Waals surface area contributed by atoms with Crippen LogP contribution in [0.25, 0.3) is 0 Å². The highest BCUT2D eigenvalue weighted by molar-refractivity contribution is 5.93. The van der Waals surface area contributed by atoms with Gasteiger partial charge in [-0.25, -0.2) is 0 Å². The first-order valence-electron chi connectivity index (χ1n) is 6.60. The maximum atomic E-state index is 12.0. The SMILES string of the molecule is Cc1ccc(NC(=O)CN2CCNCC2)c(C)c1O. The predicted octanol–water partition coefficient (Wildman–Crippen LogP) is 0.853. The molecule has 0 aromatic heterocycles. The first-order valence-corrected chi connectivity index (χ1v) is 6.60. The second-order valence-electron chi connectivity index (χ2n) is 4.98. The van der Waals surface area contributed by atoms with Crippen molar-refractivity contribution in [3.63, 3.8) is 0 Å². The van der Waals surface area contributed by atoms with Gasteiger partial charge in [-0.2, -0.15) is 0 Å². The second kappa shape index (κ2) is 6.04. The molecule has 104 valence electrons. The van der Waals surface area contributed by atoms with Crippen molar-refractivity contribution in [1.82, 2.24) is 10.2 Å². The number of phenols is 1. The Morgan fingerprint density at radius 1 is 1.37 bits per heavy atom. The normalized spacial score (nSPS) is 16.3. The lowest BCUT2D eigenvalue weighted by Gasteiger charge is -2.26. The summed E-state index contributed by atoms with van der Waals surface area (Å²) in [7, 11) is 0. The molecular weight excluding hydrogens is 242 g/mol. The van der Waals surface area contributed by atoms with Crippen LogP contribution >= 0.6 is 0 Å². The third-order valence-corrected chi connectivity index (χ3v) is 3.48. The molecule has 1 aliphatic heterocycles. The smallest absolute Gasteiger partial charge is 0.238 e. The largest absolute Gasteiger partial charge is 0.507 e. The quantitative estimate of drug-likeness (QED) is 0.756. The van der Waals surface area contributed by atoms with E-state index in [-0.39, 0.29) is 11.7 Å². The number of carbonyl (C=O) groups is 1. The first kappa shape index (κ1) is 13.8. The number of anilines is 1. The summed E-state index contributed by atoms with van der Waals surface area (Å²) < 4.78 is 0. The number of hydrogen-bond donors (Lipinski definition) is 3. The van der Waals surface area contributed by atoms with Crippen LogP contribution in [-0.4, -0.2) is 48.6 Å². The summed E-state index contributed by atoms with van der Waals surface area (Å²) in [6.07, 6.45) is 0. The van der Waals surface area contributed by atoms with Gasteiger partial charge in [0, 0.05) is 37.4 Å². The van der Waals surface area contributed by atoms with E-state index in [4.69, 9.17) is 0 Å². The Labute approximate surface area is 113 Å². The number of piperazine rings is 1. The topological polar surface area (TPSA) is 64.6 Å². The zero-order chi connectivity index (χ0) is 13.8. The van der Waals surface area contributed by atoms with Crippen molar-refractivity contribution >= 4 is 11.6 Å². The molecule has 0 spiro atoms. The molecule has 0 radical (unpaired) electrons. The minimum atomic E-state index is -0.0340. The van der Waals surface area contributed by atoms with E-state index >= 15 is 0 Å². The Balaban J connectivity index is 1.97. The van der Waals surface area contributed by atoms with Gasteiger partial charge in [0.2, 0.25) is 5.91 Å². The van der Waals surface area contributed by atoms with Crippen LogP contribution in [0, 0.1) is 13.8 Å². The van der Waals surface area contributed by atoms with Gasteiger partial charge < -0.3 is 15.7 Å². The molecule has 0 bridgehead atoms. The molecule has 1 fully saturated rings. The Hall–Kier alpha value is -1.59. The Morgan fingerprint density at radius 3 is 2.74 bits per heavy atom. The summed E-state index contributed by atoms with van der Waals surface area (Å²) in [6.45, 7) is 7.69. The van der Waals surface area contributed by atoms with Gasteiger partial charge in [-0.05, 0) is 25.5 Å². The summed E-state index contributed by atoms with van der Waals surface area (Å²) in [6, 6.07) is 3.64. The average Bonchev–Trinajstić information content (AvgIpc) is 2.41. The first-order chi connectivity index (χ1) is 9.08. The van der Waals surface area contributed by atoms with Crippen molar-refractivity contribution in [3.8, 4) is 5.75 Å². The maximum Gasteiger partial charge on any atom is 0.238 e. The minimum Gasteiger partial charge on any atom is -0.507 e. The number of carbonyl (C=O) groups excluding carboxylic acids is 1. The van der Waals surface area contributed by atoms with Crippen LogP contribution in [-0.2, 0) is 4.79 Å². The van der Waals surface area contributed by atoms with E-state index in [1.165, 1.54) is 0 Å². The summed E-state index contributed by atoms with van der Waals surface area (Å²) >= 11 is 0. The summed E-state index contributed by atoms with van der Waals surface area (Å²) in [5.74, 6) is 0.216. The molecular formula is C14H21N3O2. The molecule has 0 saturated carbocycles. The number of nitrogens with zero attached hydrogens (tertiary/aromatic N) is 1. The number of aromatic hydroxyl groups is 1. The number of rotatable bonds is 3. The molecule has 1 saturated heterocycles. The molecule has 5 heteroatoms. The minimum absolute atomic E-state index is 0.0340. The second-order valence-corrected chi connectivity index (χ2v) is 4.98. The molecule has 1 amide bonds. The fourth-order valence-electron chi connectivity index (χ4n) is 2.23. The summed E-state index contributed by atoms with van der Waals surface area (Å²) in [5.41, 5.74) is 2.22. The van der Waals surface area contributed by atoms with Crippen molar-refractivity contribution < 1.29 is 9.90 Å². The Bertz CT molecular complexity index is 468. The van der Waals surface area contributed by atoms with Crippen molar-refractivity contribution in [3.05, 3.63) is 23.3 Å². The zero-order valence-corrected chi connectivity index (χ0v) is 11.5. The van der Waals surface area contributed by atoms with Gasteiger partial charge in [0.15, 0.2) is 0 Å². The number of aryl methyl sites for hydroxylation is 1. The van der Waals surface area contributed by atoms with Crippen LogP contribution in [0.15, 0.2) is 12.1 Å². The van der Waals surface area contributed by atoms with Gasteiger partial charge in [-0.1, -0.05) is 6.07 Å². The molecule has 1 aliphatic rings. The van der Waals surface area contributed by atoms with Crippen LogP contribution in [0.2, 0.25) is 0 Å². The lowest BCUT2D eigenvalue weighted by Crippen LogP contribution is -2.46. The van der Waals surface area contributed by atoms with Gasteiger partial charge in [-0.15, -0.1) is 0 Å². The molecule has 1 aromatic carbocycles. The lowest BCUT2D eigenvalue weighted by molar-refractivity contribution is -0.117. The number of benzene rings is 1. The van der Waals surface area contributed by atoms with E-state index in [9.17, 15) is 9.90 Å². The maximum absolute atomic E-state index is 12.0. The van der Waals surface area contributed by atoms with Crippen molar-refractivity contribution in [1.29, 1.82) is 0 Å². The molecule has 2 rings (SSSR count). The van der Waals surface area contributed by atoms with Gasteiger partial charge in [-0.3, -0.25) is 9.69 Å². The highest BCUT2D eigenvalue weighted by Gasteiger charge is 2.15. The van der Waals surface area contributed by atoms with Gasteiger partial charge in [0.1, 0.15) is 5.75 Å². The number of nitrogens with one attached hydrogen (secondary N) is 2. The van der Waals surface area contributed by atoms with Crippen LogP contribution in [0.3, 0.4) is 0 Å². The average molecular weight is 263 g/mol. The van der Waals surface area contributed by atoms with Gasteiger partial charge in [0.05, 0.1) is 6.54 Å². The molecule has 0 unspecified atom stereocenters. The lowest BCUT2D eigenvalue weighted by atomic mass is 10.1. The highest BCUT2D eigenvalue weighted by atomic mass is 16.3. The third-order valence-electron chi connectivity index (χ3n) is 3.48. The summed E-state index contributed by atoms with van der Waals surface area (Å²) in [5, 5.41) is 16.0. The number of amides is 1. The van der Waals surface area contributed by atoms with E-state index in [1.807, 2.05) is 26.0 Å². The van der Waals surface area contributed by atoms with E-state index in [1.54, 1.807) is 0 Å². The monoisotopic (exact) mass is 263 g/mol. The van der Waals surface area contributed by atoms with Crippen molar-refractivity contribution in [2.45, 2.75) is 13.8 Å².